The van der Waals surface area contributed by atoms with E-state index in [2.05, 4.69) is 5.32 Å². The number of nitro groups is 1. The van der Waals surface area contributed by atoms with E-state index in [1.54, 1.807) is 0 Å². The number of carbonyl (C=O) groups excluding carboxylic acids is 1. The van der Waals surface area contributed by atoms with Crippen molar-refractivity contribution in [3.8, 4) is 0 Å². The highest BCUT2D eigenvalue weighted by Gasteiger charge is 2.30. The van der Waals surface area contributed by atoms with Crippen LogP contribution >= 0.6 is 11.6 Å². The smallest absolute Gasteiger partial charge is 0.379 e. The van der Waals surface area contributed by atoms with E-state index in [4.69, 9.17) is 17.3 Å². The number of nitrogens with zero attached hydrogens (tertiary/aromatic N) is 1. The summed E-state index contributed by atoms with van der Waals surface area (Å²) in [6.07, 6.45) is -4.52. The van der Waals surface area contributed by atoms with Gasteiger partial charge in [-0.05, 0) is 30.3 Å². The van der Waals surface area contributed by atoms with Crippen molar-refractivity contribution in [3.05, 3.63) is 68.2 Å². The Hall–Kier alpha value is -2.81. The first-order chi connectivity index (χ1) is 11.6. The molecule has 0 aliphatic carbocycles. The predicted molar refractivity (Wildman–Crippen MR) is 85.4 cm³/mol. The summed E-state index contributed by atoms with van der Waals surface area (Å²) in [6.45, 7) is -0.0829. The Kier molecular flexibility index (Phi) is 5.17. The van der Waals surface area contributed by atoms with Gasteiger partial charge in [0.05, 0.1) is 21.2 Å². The van der Waals surface area contributed by atoms with Crippen LogP contribution in [0.1, 0.15) is 21.5 Å². The molecule has 0 spiro atoms. The van der Waals surface area contributed by atoms with Gasteiger partial charge in [-0.1, -0.05) is 11.6 Å². The number of carbonyl (C=O) groups is 1. The topological polar surface area (TPSA) is 98.3 Å². The van der Waals surface area contributed by atoms with Crippen molar-refractivity contribution < 1.29 is 22.9 Å². The first kappa shape index (κ1) is 18.5. The molecule has 2 aromatic rings. The highest BCUT2D eigenvalue weighted by molar-refractivity contribution is 6.33. The number of primary amides is 1. The maximum atomic E-state index is 12.6. The normalized spacial score (nSPS) is 11.2. The fraction of sp³-hybridized carbons (Fsp3) is 0.133. The molecule has 0 aromatic heterocycles. The lowest BCUT2D eigenvalue weighted by atomic mass is 10.1. The number of nitrogens with two attached hydrogens (primary N) is 1. The molecule has 0 saturated carbocycles. The van der Waals surface area contributed by atoms with Crippen LogP contribution in [-0.4, -0.2) is 10.8 Å². The van der Waals surface area contributed by atoms with Crippen LogP contribution in [-0.2, 0) is 12.7 Å². The van der Waals surface area contributed by atoms with Crippen molar-refractivity contribution in [2.24, 2.45) is 5.73 Å². The molecule has 0 bridgehead atoms. The fourth-order valence-corrected chi connectivity index (χ4v) is 2.31. The van der Waals surface area contributed by atoms with Crippen LogP contribution in [0.3, 0.4) is 0 Å². The number of benzene rings is 2. The number of hydrogen-bond acceptors (Lipinski definition) is 4. The Bertz CT molecular complexity index is 841. The lowest BCUT2D eigenvalue weighted by Gasteiger charge is -2.12. The zero-order chi connectivity index (χ0) is 18.8. The molecular formula is C15H11ClF3N3O3. The highest BCUT2D eigenvalue weighted by atomic mass is 35.5. The summed E-state index contributed by atoms with van der Waals surface area (Å²) in [5, 5.41) is 13.7. The number of alkyl halides is 3. The Labute approximate surface area is 144 Å². The molecule has 10 heteroatoms. The summed E-state index contributed by atoms with van der Waals surface area (Å²) >= 11 is 5.81. The second-order valence-corrected chi connectivity index (χ2v) is 5.42. The van der Waals surface area contributed by atoms with E-state index < -0.39 is 22.6 Å². The van der Waals surface area contributed by atoms with E-state index in [9.17, 15) is 28.1 Å². The molecule has 0 aliphatic rings. The van der Waals surface area contributed by atoms with Crippen LogP contribution < -0.4 is 11.1 Å². The minimum atomic E-state index is -4.52. The monoisotopic (exact) mass is 373 g/mol. The first-order valence-electron chi connectivity index (χ1n) is 6.77. The minimum Gasteiger partial charge on any atom is -0.379 e. The second kappa shape index (κ2) is 6.98. The molecule has 2 aromatic carbocycles. The molecule has 0 saturated heterocycles. The third kappa shape index (κ3) is 4.38. The van der Waals surface area contributed by atoms with Crippen LogP contribution in [0.2, 0.25) is 5.02 Å². The van der Waals surface area contributed by atoms with Gasteiger partial charge in [0, 0.05) is 23.7 Å². The van der Waals surface area contributed by atoms with Crippen LogP contribution in [0.4, 0.5) is 24.5 Å². The predicted octanol–water partition coefficient (Wildman–Crippen LogP) is 3.98. The Morgan fingerprint density at radius 1 is 1.24 bits per heavy atom. The van der Waals surface area contributed by atoms with Crippen molar-refractivity contribution in [3.63, 3.8) is 0 Å². The van der Waals surface area contributed by atoms with Gasteiger partial charge in [-0.3, -0.25) is 14.9 Å². The minimum absolute atomic E-state index is 0.0250. The number of nitro benzene ring substituents is 1. The molecule has 3 N–H and O–H groups in total. The van der Waals surface area contributed by atoms with E-state index >= 15 is 0 Å². The number of amides is 1. The van der Waals surface area contributed by atoms with Crippen molar-refractivity contribution in [1.29, 1.82) is 0 Å². The fourth-order valence-electron chi connectivity index (χ4n) is 2.06. The largest absolute Gasteiger partial charge is 0.416 e. The molecule has 0 fully saturated rings. The second-order valence-electron chi connectivity index (χ2n) is 5.01. The lowest BCUT2D eigenvalue weighted by Crippen LogP contribution is -2.12. The molecule has 0 aliphatic heterocycles. The summed E-state index contributed by atoms with van der Waals surface area (Å²) in [5.74, 6) is -0.812. The Balaban J connectivity index is 2.24. The van der Waals surface area contributed by atoms with Crippen LogP contribution in [0.5, 0.6) is 0 Å². The summed E-state index contributed by atoms with van der Waals surface area (Å²) in [7, 11) is 0. The number of nitrogens with one attached hydrogen (secondary N) is 1. The van der Waals surface area contributed by atoms with Crippen LogP contribution in [0.25, 0.3) is 0 Å². The summed E-state index contributed by atoms with van der Waals surface area (Å²) < 4.78 is 37.8. The van der Waals surface area contributed by atoms with E-state index in [0.29, 0.717) is 0 Å². The van der Waals surface area contributed by atoms with Gasteiger partial charge < -0.3 is 11.1 Å². The van der Waals surface area contributed by atoms with Crippen molar-refractivity contribution in [1.82, 2.24) is 0 Å². The van der Waals surface area contributed by atoms with Gasteiger partial charge in [-0.2, -0.15) is 13.2 Å². The molecule has 6 nitrogen and oxygen atoms in total. The molecule has 25 heavy (non-hydrogen) atoms. The van der Waals surface area contributed by atoms with Crippen molar-refractivity contribution >= 4 is 28.9 Å². The molecule has 132 valence electrons. The van der Waals surface area contributed by atoms with E-state index in [-0.39, 0.29) is 34.1 Å². The van der Waals surface area contributed by atoms with Gasteiger partial charge in [-0.15, -0.1) is 0 Å². The van der Waals surface area contributed by atoms with Gasteiger partial charge in [0.2, 0.25) is 5.91 Å². The molecule has 2 rings (SSSR count). The first-order valence-corrected chi connectivity index (χ1v) is 7.15. The lowest BCUT2D eigenvalue weighted by molar-refractivity contribution is -0.385. The van der Waals surface area contributed by atoms with Crippen LogP contribution in [0.15, 0.2) is 36.4 Å². The Morgan fingerprint density at radius 2 is 1.92 bits per heavy atom. The zero-order valence-electron chi connectivity index (χ0n) is 12.4. The molecule has 0 heterocycles. The maximum absolute atomic E-state index is 12.6. The number of anilines is 1. The van der Waals surface area contributed by atoms with E-state index in [0.717, 1.165) is 24.3 Å². The number of hydrogen-bond donors (Lipinski definition) is 2. The van der Waals surface area contributed by atoms with Crippen molar-refractivity contribution in [2.45, 2.75) is 12.7 Å². The SMILES string of the molecule is NC(=O)c1ccc(CNc2ccc(C(F)(F)F)cc2Cl)c([N+](=O)[O-])c1. The third-order valence-electron chi connectivity index (χ3n) is 3.33. The van der Waals surface area contributed by atoms with Crippen LogP contribution in [0, 0.1) is 10.1 Å². The number of rotatable bonds is 5. The summed E-state index contributed by atoms with van der Waals surface area (Å²) in [4.78, 5) is 21.5. The van der Waals surface area contributed by atoms with E-state index in [1.807, 2.05) is 0 Å². The highest BCUT2D eigenvalue weighted by Crippen LogP contribution is 2.34. The number of halogens is 4. The molecular weight excluding hydrogens is 363 g/mol. The van der Waals surface area contributed by atoms with Gasteiger partial charge in [-0.25, -0.2) is 0 Å². The van der Waals surface area contributed by atoms with Crippen molar-refractivity contribution in [2.75, 3.05) is 5.32 Å². The van der Waals surface area contributed by atoms with Gasteiger partial charge in [0.15, 0.2) is 0 Å². The third-order valence-corrected chi connectivity index (χ3v) is 3.64. The zero-order valence-corrected chi connectivity index (χ0v) is 13.2. The molecule has 0 atom stereocenters. The molecule has 1 amide bonds. The van der Waals surface area contributed by atoms with E-state index in [1.165, 1.54) is 12.1 Å². The van der Waals surface area contributed by atoms with Gasteiger partial charge >= 0.3 is 6.18 Å². The standard InChI is InChI=1S/C15H11ClF3N3O3/c16-11-6-10(15(17,18)19)3-4-12(11)21-7-9-2-1-8(14(20)23)5-13(9)22(24)25/h1-6,21H,7H2,(H2,20,23). The van der Waals surface area contributed by atoms with Gasteiger partial charge in [0.1, 0.15) is 0 Å². The average molecular weight is 374 g/mol. The van der Waals surface area contributed by atoms with Gasteiger partial charge in [0.25, 0.3) is 5.69 Å². The Morgan fingerprint density at radius 3 is 2.44 bits per heavy atom. The molecule has 0 unspecified atom stereocenters. The average Bonchev–Trinajstić information content (AvgIpc) is 2.52. The maximum Gasteiger partial charge on any atom is 0.416 e. The summed E-state index contributed by atoms with van der Waals surface area (Å²) in [5.41, 5.74) is 4.21. The quantitative estimate of drug-likeness (QED) is 0.611. The molecule has 0 radical (unpaired) electrons. The summed E-state index contributed by atoms with van der Waals surface area (Å²) in [6, 6.07) is 6.43.